The molecule has 1 aromatic carbocycles. The van der Waals surface area contributed by atoms with E-state index >= 15 is 0 Å². The molecule has 1 fully saturated rings. The number of ketones is 1. The van der Waals surface area contributed by atoms with Crippen LogP contribution in [0.25, 0.3) is 0 Å². The summed E-state index contributed by atoms with van der Waals surface area (Å²) >= 11 is 0. The summed E-state index contributed by atoms with van der Waals surface area (Å²) in [6.07, 6.45) is 3.85. The van der Waals surface area contributed by atoms with Gasteiger partial charge in [0, 0.05) is 25.4 Å². The molecular weight excluding hydrogens is 248 g/mol. The smallest absolute Gasteiger partial charge is 0.159 e. The first-order chi connectivity index (χ1) is 9.06. The van der Waals surface area contributed by atoms with E-state index in [0.717, 1.165) is 24.9 Å². The molecule has 0 atom stereocenters. The third-order valence-electron chi connectivity index (χ3n) is 3.87. The normalized spacial score (nSPS) is 17.2. The second-order valence-corrected chi connectivity index (χ2v) is 5.25. The molecule has 104 valence electrons. The molecule has 0 heterocycles. The predicted molar refractivity (Wildman–Crippen MR) is 70.0 cm³/mol. The van der Waals surface area contributed by atoms with Gasteiger partial charge in [0.05, 0.1) is 0 Å². The lowest BCUT2D eigenvalue weighted by molar-refractivity contribution is -0.121. The van der Waals surface area contributed by atoms with E-state index in [1.807, 2.05) is 7.05 Å². The average molecular weight is 267 g/mol. The quantitative estimate of drug-likeness (QED) is 0.836. The number of carbonyl (C=O) groups is 1. The Morgan fingerprint density at radius 1 is 1.21 bits per heavy atom. The molecule has 0 amide bonds. The molecule has 0 saturated heterocycles. The Morgan fingerprint density at radius 3 is 2.53 bits per heavy atom. The highest BCUT2D eigenvalue weighted by Gasteiger charge is 2.21. The van der Waals surface area contributed by atoms with Crippen molar-refractivity contribution in [2.45, 2.75) is 38.1 Å². The minimum absolute atomic E-state index is 0.352. The standard InChI is InChI=1S/C15H19F2NO/c1-18(12-3-5-13(19)6-4-12)9-8-11-2-7-14(16)15(17)10-11/h2,7,10,12H,3-6,8-9H2,1H3. The number of likely N-dealkylation sites (N-methyl/N-ethyl adjacent to an activating group) is 1. The zero-order chi connectivity index (χ0) is 13.8. The molecule has 0 spiro atoms. The summed E-state index contributed by atoms with van der Waals surface area (Å²) in [7, 11) is 2.03. The van der Waals surface area contributed by atoms with E-state index in [2.05, 4.69) is 4.90 Å². The maximum absolute atomic E-state index is 13.1. The predicted octanol–water partition coefficient (Wildman–Crippen LogP) is 2.95. The van der Waals surface area contributed by atoms with E-state index in [0.29, 0.717) is 31.1 Å². The molecule has 2 rings (SSSR count). The minimum atomic E-state index is -0.803. The third-order valence-corrected chi connectivity index (χ3v) is 3.87. The molecule has 0 bridgehead atoms. The van der Waals surface area contributed by atoms with Gasteiger partial charge < -0.3 is 4.90 Å². The lowest BCUT2D eigenvalue weighted by Crippen LogP contribution is -2.36. The number of halogens is 2. The molecule has 0 unspecified atom stereocenters. The highest BCUT2D eigenvalue weighted by atomic mass is 19.2. The van der Waals surface area contributed by atoms with Crippen molar-refractivity contribution in [1.29, 1.82) is 0 Å². The van der Waals surface area contributed by atoms with Crippen molar-refractivity contribution in [3.8, 4) is 0 Å². The third kappa shape index (κ3) is 3.83. The second kappa shape index (κ2) is 6.24. The van der Waals surface area contributed by atoms with E-state index in [4.69, 9.17) is 0 Å². The Hall–Kier alpha value is -1.29. The lowest BCUT2D eigenvalue weighted by Gasteiger charge is -2.30. The summed E-state index contributed by atoms with van der Waals surface area (Å²) in [4.78, 5) is 13.4. The van der Waals surface area contributed by atoms with Crippen LogP contribution in [0.4, 0.5) is 8.78 Å². The highest BCUT2D eigenvalue weighted by Crippen LogP contribution is 2.19. The summed E-state index contributed by atoms with van der Waals surface area (Å²) in [6.45, 7) is 0.796. The maximum Gasteiger partial charge on any atom is 0.159 e. The first-order valence-electron chi connectivity index (χ1n) is 6.72. The number of benzene rings is 1. The van der Waals surface area contributed by atoms with Gasteiger partial charge in [0.25, 0.3) is 0 Å². The van der Waals surface area contributed by atoms with E-state index in [1.54, 1.807) is 6.07 Å². The van der Waals surface area contributed by atoms with Crippen molar-refractivity contribution in [2.24, 2.45) is 0 Å². The molecule has 0 radical (unpaired) electrons. The van der Waals surface area contributed by atoms with Crippen LogP contribution >= 0.6 is 0 Å². The van der Waals surface area contributed by atoms with Gasteiger partial charge in [0.15, 0.2) is 11.6 Å². The fourth-order valence-corrected chi connectivity index (χ4v) is 2.55. The van der Waals surface area contributed by atoms with Crippen LogP contribution in [0, 0.1) is 11.6 Å². The molecule has 1 saturated carbocycles. The lowest BCUT2D eigenvalue weighted by atomic mass is 9.93. The van der Waals surface area contributed by atoms with Crippen molar-refractivity contribution in [3.63, 3.8) is 0 Å². The minimum Gasteiger partial charge on any atom is -0.303 e. The summed E-state index contributed by atoms with van der Waals surface area (Å²) in [5.74, 6) is -1.24. The largest absolute Gasteiger partial charge is 0.303 e. The monoisotopic (exact) mass is 267 g/mol. The van der Waals surface area contributed by atoms with Gasteiger partial charge in [-0.3, -0.25) is 4.79 Å². The van der Waals surface area contributed by atoms with Gasteiger partial charge in [0.1, 0.15) is 5.78 Å². The van der Waals surface area contributed by atoms with Gasteiger partial charge >= 0.3 is 0 Å². The Morgan fingerprint density at radius 2 is 1.89 bits per heavy atom. The fraction of sp³-hybridized carbons (Fsp3) is 0.533. The van der Waals surface area contributed by atoms with Crippen LogP contribution in [0.3, 0.4) is 0 Å². The number of nitrogens with zero attached hydrogens (tertiary/aromatic N) is 1. The van der Waals surface area contributed by atoms with E-state index < -0.39 is 11.6 Å². The topological polar surface area (TPSA) is 20.3 Å². The molecule has 1 aliphatic rings. The van der Waals surface area contributed by atoms with Gasteiger partial charge in [-0.2, -0.15) is 0 Å². The zero-order valence-electron chi connectivity index (χ0n) is 11.2. The fourth-order valence-electron chi connectivity index (χ4n) is 2.55. The molecule has 0 aliphatic heterocycles. The Balaban J connectivity index is 1.84. The maximum atomic E-state index is 13.1. The number of Topliss-reactive ketones (excluding diaryl/α,β-unsaturated/α-hetero) is 1. The van der Waals surface area contributed by atoms with Crippen molar-refractivity contribution >= 4 is 5.78 Å². The van der Waals surface area contributed by atoms with Crippen molar-refractivity contribution < 1.29 is 13.6 Å². The first kappa shape index (κ1) is 14.1. The molecule has 0 aromatic heterocycles. The molecule has 4 heteroatoms. The molecule has 1 aliphatic carbocycles. The van der Waals surface area contributed by atoms with Crippen LogP contribution in [0.1, 0.15) is 31.2 Å². The molecule has 19 heavy (non-hydrogen) atoms. The van der Waals surface area contributed by atoms with Crippen LogP contribution in [-0.2, 0) is 11.2 Å². The van der Waals surface area contributed by atoms with Crippen LogP contribution in [0.15, 0.2) is 18.2 Å². The first-order valence-corrected chi connectivity index (χ1v) is 6.72. The van der Waals surface area contributed by atoms with Crippen LogP contribution in [0.5, 0.6) is 0 Å². The SMILES string of the molecule is CN(CCc1ccc(F)c(F)c1)C1CCC(=O)CC1. The number of hydrogen-bond donors (Lipinski definition) is 0. The number of hydrogen-bond acceptors (Lipinski definition) is 2. The summed E-state index contributed by atoms with van der Waals surface area (Å²) < 4.78 is 25.9. The van der Waals surface area contributed by atoms with Crippen LogP contribution in [0.2, 0.25) is 0 Å². The molecule has 0 N–H and O–H groups in total. The Kier molecular flexibility index (Phi) is 4.64. The zero-order valence-corrected chi connectivity index (χ0v) is 11.2. The van der Waals surface area contributed by atoms with Gasteiger partial charge in [-0.25, -0.2) is 8.78 Å². The summed E-state index contributed by atoms with van der Waals surface area (Å²) in [6, 6.07) is 4.48. The van der Waals surface area contributed by atoms with Crippen molar-refractivity contribution in [3.05, 3.63) is 35.4 Å². The molecular formula is C15H19F2NO. The van der Waals surface area contributed by atoms with E-state index in [-0.39, 0.29) is 0 Å². The highest BCUT2D eigenvalue weighted by molar-refractivity contribution is 5.79. The van der Waals surface area contributed by atoms with Gasteiger partial charge in [-0.05, 0) is 44.0 Å². The van der Waals surface area contributed by atoms with Gasteiger partial charge in [-0.1, -0.05) is 6.07 Å². The number of carbonyl (C=O) groups excluding carboxylic acids is 1. The average Bonchev–Trinajstić information content (AvgIpc) is 2.40. The van der Waals surface area contributed by atoms with E-state index in [9.17, 15) is 13.6 Å². The Bertz CT molecular complexity index is 451. The van der Waals surface area contributed by atoms with Crippen LogP contribution in [-0.4, -0.2) is 30.3 Å². The Labute approximate surface area is 112 Å². The van der Waals surface area contributed by atoms with Crippen molar-refractivity contribution in [1.82, 2.24) is 4.90 Å². The second-order valence-electron chi connectivity index (χ2n) is 5.25. The van der Waals surface area contributed by atoms with Crippen molar-refractivity contribution in [2.75, 3.05) is 13.6 Å². The summed E-state index contributed by atoms with van der Waals surface area (Å²) in [5.41, 5.74) is 0.803. The number of rotatable bonds is 4. The molecule has 1 aromatic rings. The van der Waals surface area contributed by atoms with Gasteiger partial charge in [0.2, 0.25) is 0 Å². The summed E-state index contributed by atoms with van der Waals surface area (Å²) in [5, 5.41) is 0. The molecule has 2 nitrogen and oxygen atoms in total. The van der Waals surface area contributed by atoms with Crippen LogP contribution < -0.4 is 0 Å². The van der Waals surface area contributed by atoms with E-state index in [1.165, 1.54) is 12.1 Å². The van der Waals surface area contributed by atoms with Gasteiger partial charge in [-0.15, -0.1) is 0 Å².